The van der Waals surface area contributed by atoms with Crippen LogP contribution < -0.4 is 10.6 Å². The molecule has 0 bridgehead atoms. The molecule has 0 aliphatic carbocycles. The van der Waals surface area contributed by atoms with Crippen LogP contribution in [0.2, 0.25) is 0 Å². The highest BCUT2D eigenvalue weighted by Crippen LogP contribution is 2.24. The molecule has 1 aromatic heterocycles. The summed E-state index contributed by atoms with van der Waals surface area (Å²) in [4.78, 5) is 0. The zero-order valence-electron chi connectivity index (χ0n) is 11.0. The molecule has 1 atom stereocenters. The molecule has 0 saturated carbocycles. The molecule has 3 rings (SSSR count). The second kappa shape index (κ2) is 6.04. The Bertz CT molecular complexity index is 475. The first-order chi connectivity index (χ1) is 9.43. The fraction of sp³-hybridized carbons (Fsp3) is 0.375. The van der Waals surface area contributed by atoms with Gasteiger partial charge in [0.05, 0.1) is 12.3 Å². The highest BCUT2D eigenvalue weighted by Gasteiger charge is 2.21. The maximum atomic E-state index is 5.61. The smallest absolute Gasteiger partial charge is 0.125 e. The summed E-state index contributed by atoms with van der Waals surface area (Å²) in [6.45, 7) is 2.19. The van der Waals surface area contributed by atoms with E-state index in [-0.39, 0.29) is 6.04 Å². The van der Waals surface area contributed by atoms with Crippen LogP contribution in [0.1, 0.15) is 30.2 Å². The van der Waals surface area contributed by atoms with E-state index in [1.165, 1.54) is 18.4 Å². The molecular formula is C16H20N2O. The molecule has 3 heteroatoms. The van der Waals surface area contributed by atoms with Crippen LogP contribution in [0.25, 0.3) is 0 Å². The molecule has 19 heavy (non-hydrogen) atoms. The van der Waals surface area contributed by atoms with Crippen molar-refractivity contribution >= 4 is 0 Å². The van der Waals surface area contributed by atoms with Crippen molar-refractivity contribution in [3.63, 3.8) is 0 Å². The molecule has 1 fully saturated rings. The molecule has 1 unspecified atom stereocenters. The van der Waals surface area contributed by atoms with Gasteiger partial charge in [-0.05, 0) is 43.6 Å². The molecule has 0 radical (unpaired) electrons. The van der Waals surface area contributed by atoms with E-state index >= 15 is 0 Å². The summed E-state index contributed by atoms with van der Waals surface area (Å²) >= 11 is 0. The van der Waals surface area contributed by atoms with Crippen molar-refractivity contribution in [2.75, 3.05) is 13.1 Å². The summed E-state index contributed by atoms with van der Waals surface area (Å²) in [6.07, 6.45) is 4.09. The van der Waals surface area contributed by atoms with Gasteiger partial charge in [0.1, 0.15) is 5.76 Å². The van der Waals surface area contributed by atoms with Gasteiger partial charge in [0.2, 0.25) is 0 Å². The molecule has 1 aliphatic heterocycles. The van der Waals surface area contributed by atoms with Crippen molar-refractivity contribution < 1.29 is 4.42 Å². The third kappa shape index (κ3) is 3.06. The van der Waals surface area contributed by atoms with Gasteiger partial charge in [0.25, 0.3) is 0 Å². The summed E-state index contributed by atoms with van der Waals surface area (Å²) in [5.41, 5.74) is 1.26. The van der Waals surface area contributed by atoms with Gasteiger partial charge in [-0.1, -0.05) is 30.3 Å². The Hall–Kier alpha value is -1.58. The summed E-state index contributed by atoms with van der Waals surface area (Å²) in [6, 6.07) is 15.2. The van der Waals surface area contributed by atoms with E-state index in [4.69, 9.17) is 4.42 Å². The van der Waals surface area contributed by atoms with E-state index in [0.717, 1.165) is 18.8 Å². The summed E-state index contributed by atoms with van der Waals surface area (Å²) in [5, 5.41) is 7.14. The monoisotopic (exact) mass is 256 g/mol. The Balaban J connectivity index is 1.80. The average Bonchev–Trinajstić information content (AvgIpc) is 3.01. The first-order valence-corrected chi connectivity index (χ1v) is 6.98. The maximum absolute atomic E-state index is 5.61. The fourth-order valence-corrected chi connectivity index (χ4v) is 2.67. The third-order valence-corrected chi connectivity index (χ3v) is 3.70. The van der Waals surface area contributed by atoms with Crippen LogP contribution in [-0.2, 0) is 0 Å². The van der Waals surface area contributed by atoms with Crippen LogP contribution in [0, 0.1) is 0 Å². The summed E-state index contributed by atoms with van der Waals surface area (Å²) in [5.74, 6) is 0.990. The maximum Gasteiger partial charge on any atom is 0.125 e. The number of piperidine rings is 1. The molecule has 0 amide bonds. The Morgan fingerprint density at radius 1 is 1.05 bits per heavy atom. The molecule has 1 aromatic carbocycles. The number of furan rings is 1. The van der Waals surface area contributed by atoms with Crippen molar-refractivity contribution in [1.82, 2.24) is 10.6 Å². The average molecular weight is 256 g/mol. The standard InChI is InChI=1S/C16H20N2O/c1-2-5-13(6-3-1)16(15-7-4-12-19-15)18-14-8-10-17-11-9-14/h1-7,12,14,16-18H,8-11H2. The molecule has 2 N–H and O–H groups in total. The van der Waals surface area contributed by atoms with Gasteiger partial charge < -0.3 is 15.1 Å². The van der Waals surface area contributed by atoms with Gasteiger partial charge in [-0.3, -0.25) is 0 Å². The summed E-state index contributed by atoms with van der Waals surface area (Å²) < 4.78 is 5.61. The first-order valence-electron chi connectivity index (χ1n) is 6.98. The van der Waals surface area contributed by atoms with Gasteiger partial charge in [0.15, 0.2) is 0 Å². The zero-order chi connectivity index (χ0) is 12.9. The van der Waals surface area contributed by atoms with E-state index in [1.807, 2.05) is 18.2 Å². The Kier molecular flexibility index (Phi) is 3.96. The van der Waals surface area contributed by atoms with Crippen LogP contribution in [0.5, 0.6) is 0 Å². The van der Waals surface area contributed by atoms with Gasteiger partial charge in [-0.2, -0.15) is 0 Å². The number of hydrogen-bond acceptors (Lipinski definition) is 3. The van der Waals surface area contributed by atoms with Crippen molar-refractivity contribution in [2.24, 2.45) is 0 Å². The van der Waals surface area contributed by atoms with Crippen molar-refractivity contribution in [2.45, 2.75) is 24.9 Å². The Morgan fingerprint density at radius 2 is 1.84 bits per heavy atom. The number of rotatable bonds is 4. The van der Waals surface area contributed by atoms with E-state index in [2.05, 4.69) is 34.9 Å². The van der Waals surface area contributed by atoms with Crippen LogP contribution in [0.4, 0.5) is 0 Å². The third-order valence-electron chi connectivity index (χ3n) is 3.70. The van der Waals surface area contributed by atoms with Gasteiger partial charge in [-0.25, -0.2) is 0 Å². The lowest BCUT2D eigenvalue weighted by molar-refractivity contribution is 0.343. The molecule has 100 valence electrons. The van der Waals surface area contributed by atoms with E-state index in [1.54, 1.807) is 6.26 Å². The van der Waals surface area contributed by atoms with Gasteiger partial charge in [0, 0.05) is 6.04 Å². The SMILES string of the molecule is c1ccc(C(NC2CCNCC2)c2ccco2)cc1. The predicted molar refractivity (Wildman–Crippen MR) is 76.0 cm³/mol. The minimum atomic E-state index is 0.152. The lowest BCUT2D eigenvalue weighted by Crippen LogP contribution is -2.41. The fourth-order valence-electron chi connectivity index (χ4n) is 2.67. The minimum absolute atomic E-state index is 0.152. The van der Waals surface area contributed by atoms with Crippen molar-refractivity contribution in [3.05, 3.63) is 60.1 Å². The van der Waals surface area contributed by atoms with Crippen LogP contribution in [0.3, 0.4) is 0 Å². The Labute approximate surface area is 114 Å². The number of hydrogen-bond donors (Lipinski definition) is 2. The van der Waals surface area contributed by atoms with Gasteiger partial charge >= 0.3 is 0 Å². The van der Waals surface area contributed by atoms with E-state index in [0.29, 0.717) is 6.04 Å². The highest BCUT2D eigenvalue weighted by molar-refractivity contribution is 5.26. The normalized spacial score (nSPS) is 18.3. The highest BCUT2D eigenvalue weighted by atomic mass is 16.3. The molecule has 1 aliphatic rings. The van der Waals surface area contributed by atoms with Crippen molar-refractivity contribution in [3.8, 4) is 0 Å². The lowest BCUT2D eigenvalue weighted by Gasteiger charge is -2.28. The molecule has 1 saturated heterocycles. The first kappa shape index (κ1) is 12.5. The van der Waals surface area contributed by atoms with E-state index in [9.17, 15) is 0 Å². The second-order valence-corrected chi connectivity index (χ2v) is 5.05. The van der Waals surface area contributed by atoms with Crippen LogP contribution >= 0.6 is 0 Å². The quantitative estimate of drug-likeness (QED) is 0.883. The zero-order valence-corrected chi connectivity index (χ0v) is 11.0. The minimum Gasteiger partial charge on any atom is -0.467 e. The van der Waals surface area contributed by atoms with Crippen molar-refractivity contribution in [1.29, 1.82) is 0 Å². The largest absolute Gasteiger partial charge is 0.467 e. The molecule has 0 spiro atoms. The predicted octanol–water partition coefficient (Wildman–Crippen LogP) is 2.71. The van der Waals surface area contributed by atoms with Gasteiger partial charge in [-0.15, -0.1) is 0 Å². The molecule has 2 aromatic rings. The molecule has 2 heterocycles. The second-order valence-electron chi connectivity index (χ2n) is 5.05. The van der Waals surface area contributed by atoms with E-state index < -0.39 is 0 Å². The topological polar surface area (TPSA) is 37.2 Å². The molecular weight excluding hydrogens is 236 g/mol. The summed E-state index contributed by atoms with van der Waals surface area (Å²) in [7, 11) is 0. The number of nitrogens with one attached hydrogen (secondary N) is 2. The lowest BCUT2D eigenvalue weighted by atomic mass is 10.00. The number of benzene rings is 1. The van der Waals surface area contributed by atoms with Crippen LogP contribution in [-0.4, -0.2) is 19.1 Å². The molecule has 3 nitrogen and oxygen atoms in total. The van der Waals surface area contributed by atoms with Crippen LogP contribution in [0.15, 0.2) is 53.1 Å². The Morgan fingerprint density at radius 3 is 2.53 bits per heavy atom.